The number of aromatic nitrogens is 2. The molecule has 1 aromatic heterocycles. The van der Waals surface area contributed by atoms with Crippen LogP contribution in [-0.2, 0) is 6.42 Å². The predicted octanol–water partition coefficient (Wildman–Crippen LogP) is 3.23. The standard InChI is InChI=1S/C19H19BrN6O/c20-15-8-6-14(7-9-15)19(27)26-25-18-16(21)17(23-12-24-18)22-11-10-13-4-2-1-3-5-13/h1-9,12H,10-11,21H2,(H,26,27)(H2,22,23,24,25). The summed E-state index contributed by atoms with van der Waals surface area (Å²) >= 11 is 3.34. The molecule has 5 N–H and O–H groups in total. The molecule has 0 saturated carbocycles. The molecule has 0 aliphatic heterocycles. The zero-order valence-electron chi connectivity index (χ0n) is 14.4. The lowest BCUT2D eigenvalue weighted by molar-refractivity contribution is 0.0962. The van der Waals surface area contributed by atoms with Crippen LogP contribution in [0.4, 0.5) is 17.3 Å². The first kappa shape index (κ1) is 18.7. The molecule has 0 radical (unpaired) electrons. The van der Waals surface area contributed by atoms with Crippen molar-refractivity contribution in [2.45, 2.75) is 6.42 Å². The zero-order valence-corrected chi connectivity index (χ0v) is 16.0. The number of nitrogens with zero attached hydrogens (tertiary/aromatic N) is 2. The Morgan fingerprint density at radius 3 is 2.44 bits per heavy atom. The van der Waals surface area contributed by atoms with Gasteiger partial charge in [-0.05, 0) is 36.2 Å². The summed E-state index contributed by atoms with van der Waals surface area (Å²) in [4.78, 5) is 20.4. The van der Waals surface area contributed by atoms with Crippen LogP contribution in [0, 0.1) is 0 Å². The van der Waals surface area contributed by atoms with E-state index < -0.39 is 0 Å². The summed E-state index contributed by atoms with van der Waals surface area (Å²) in [6.45, 7) is 0.677. The van der Waals surface area contributed by atoms with Gasteiger partial charge in [-0.2, -0.15) is 0 Å². The molecule has 3 rings (SSSR count). The number of nitrogens with two attached hydrogens (primary N) is 1. The number of hydrogen-bond acceptors (Lipinski definition) is 6. The minimum atomic E-state index is -0.293. The molecule has 0 aliphatic rings. The first-order valence-electron chi connectivity index (χ1n) is 8.33. The van der Waals surface area contributed by atoms with Gasteiger partial charge in [0, 0.05) is 16.6 Å². The van der Waals surface area contributed by atoms with Gasteiger partial charge in [-0.25, -0.2) is 9.97 Å². The summed E-state index contributed by atoms with van der Waals surface area (Å²) in [5.74, 6) is 0.554. The van der Waals surface area contributed by atoms with Crippen LogP contribution in [0.15, 0.2) is 65.4 Å². The third-order valence-electron chi connectivity index (χ3n) is 3.83. The highest BCUT2D eigenvalue weighted by molar-refractivity contribution is 9.10. The minimum Gasteiger partial charge on any atom is -0.393 e. The molecule has 0 fully saturated rings. The van der Waals surface area contributed by atoms with Gasteiger partial charge >= 0.3 is 0 Å². The predicted molar refractivity (Wildman–Crippen MR) is 110 cm³/mol. The lowest BCUT2D eigenvalue weighted by atomic mass is 10.1. The van der Waals surface area contributed by atoms with E-state index in [1.807, 2.05) is 18.2 Å². The highest BCUT2D eigenvalue weighted by Crippen LogP contribution is 2.21. The van der Waals surface area contributed by atoms with Crippen LogP contribution < -0.4 is 21.9 Å². The third kappa shape index (κ3) is 5.18. The molecular weight excluding hydrogens is 408 g/mol. The smallest absolute Gasteiger partial charge is 0.269 e. The van der Waals surface area contributed by atoms with E-state index in [9.17, 15) is 4.79 Å². The average molecular weight is 427 g/mol. The molecule has 138 valence electrons. The maximum atomic E-state index is 12.2. The Hall–Kier alpha value is -3.13. The van der Waals surface area contributed by atoms with Gasteiger partial charge in [0.1, 0.15) is 12.0 Å². The Morgan fingerprint density at radius 2 is 1.70 bits per heavy atom. The number of benzene rings is 2. The Labute approximate surface area is 165 Å². The minimum absolute atomic E-state index is 0.293. The second-order valence-electron chi connectivity index (χ2n) is 5.73. The van der Waals surface area contributed by atoms with Crippen LogP contribution >= 0.6 is 15.9 Å². The molecular formula is C19H19BrN6O. The summed E-state index contributed by atoms with van der Waals surface area (Å²) in [7, 11) is 0. The molecule has 1 heterocycles. The number of nitrogens with one attached hydrogen (secondary N) is 3. The normalized spacial score (nSPS) is 10.3. The van der Waals surface area contributed by atoms with E-state index >= 15 is 0 Å². The van der Waals surface area contributed by atoms with Gasteiger partial charge < -0.3 is 11.1 Å². The molecule has 0 saturated heterocycles. The number of rotatable bonds is 7. The molecule has 7 nitrogen and oxygen atoms in total. The van der Waals surface area contributed by atoms with E-state index in [-0.39, 0.29) is 5.91 Å². The van der Waals surface area contributed by atoms with Gasteiger partial charge in [-0.1, -0.05) is 46.3 Å². The largest absolute Gasteiger partial charge is 0.393 e. The zero-order chi connectivity index (χ0) is 19.1. The topological polar surface area (TPSA) is 105 Å². The summed E-state index contributed by atoms with van der Waals surface area (Å²) < 4.78 is 0.901. The Bertz CT molecular complexity index is 902. The molecule has 0 atom stereocenters. The van der Waals surface area contributed by atoms with Crippen molar-refractivity contribution in [3.05, 3.63) is 76.5 Å². The third-order valence-corrected chi connectivity index (χ3v) is 4.36. The number of anilines is 3. The van der Waals surface area contributed by atoms with E-state index in [0.717, 1.165) is 10.9 Å². The molecule has 0 unspecified atom stereocenters. The molecule has 2 aromatic carbocycles. The fraction of sp³-hybridized carbons (Fsp3) is 0.105. The summed E-state index contributed by atoms with van der Waals surface area (Å²) in [5, 5.41) is 3.19. The highest BCUT2D eigenvalue weighted by atomic mass is 79.9. The fourth-order valence-corrected chi connectivity index (χ4v) is 2.66. The monoisotopic (exact) mass is 426 g/mol. The van der Waals surface area contributed by atoms with Crippen molar-refractivity contribution in [2.24, 2.45) is 0 Å². The van der Waals surface area contributed by atoms with E-state index in [4.69, 9.17) is 5.73 Å². The number of amides is 1. The van der Waals surface area contributed by atoms with Crippen molar-refractivity contribution in [3.63, 3.8) is 0 Å². The van der Waals surface area contributed by atoms with Crippen LogP contribution in [0.25, 0.3) is 0 Å². The van der Waals surface area contributed by atoms with E-state index in [2.05, 4.69) is 54.2 Å². The molecule has 1 amide bonds. The van der Waals surface area contributed by atoms with Crippen LogP contribution in [-0.4, -0.2) is 22.4 Å². The molecule has 0 spiro atoms. The maximum absolute atomic E-state index is 12.2. The van der Waals surface area contributed by atoms with Crippen LogP contribution in [0.5, 0.6) is 0 Å². The van der Waals surface area contributed by atoms with E-state index in [1.165, 1.54) is 11.9 Å². The van der Waals surface area contributed by atoms with Crippen molar-refractivity contribution in [1.29, 1.82) is 0 Å². The van der Waals surface area contributed by atoms with Gasteiger partial charge in [-0.3, -0.25) is 15.6 Å². The lowest BCUT2D eigenvalue weighted by Gasteiger charge is -2.13. The van der Waals surface area contributed by atoms with Gasteiger partial charge in [-0.15, -0.1) is 0 Å². The number of hydrazine groups is 1. The Kier molecular flexibility index (Phi) is 6.22. The second kappa shape index (κ2) is 9.00. The Balaban J connectivity index is 1.57. The van der Waals surface area contributed by atoms with Crippen molar-refractivity contribution >= 4 is 39.2 Å². The maximum Gasteiger partial charge on any atom is 0.269 e. The summed E-state index contributed by atoms with van der Waals surface area (Å²) in [5.41, 5.74) is 13.5. The molecule has 27 heavy (non-hydrogen) atoms. The fourth-order valence-electron chi connectivity index (χ4n) is 2.40. The van der Waals surface area contributed by atoms with Crippen molar-refractivity contribution in [2.75, 3.05) is 23.0 Å². The van der Waals surface area contributed by atoms with Crippen molar-refractivity contribution in [1.82, 2.24) is 15.4 Å². The molecule has 8 heteroatoms. The lowest BCUT2D eigenvalue weighted by Crippen LogP contribution is -2.30. The Morgan fingerprint density at radius 1 is 1.00 bits per heavy atom. The number of hydrogen-bond donors (Lipinski definition) is 4. The van der Waals surface area contributed by atoms with Crippen LogP contribution in [0.3, 0.4) is 0 Å². The van der Waals surface area contributed by atoms with Crippen molar-refractivity contribution in [3.8, 4) is 0 Å². The van der Waals surface area contributed by atoms with Crippen LogP contribution in [0.2, 0.25) is 0 Å². The SMILES string of the molecule is Nc1c(NCCc2ccccc2)ncnc1NNC(=O)c1ccc(Br)cc1. The van der Waals surface area contributed by atoms with Gasteiger partial charge in [0.05, 0.1) is 0 Å². The van der Waals surface area contributed by atoms with E-state index in [1.54, 1.807) is 24.3 Å². The average Bonchev–Trinajstić information content (AvgIpc) is 2.69. The first-order valence-corrected chi connectivity index (χ1v) is 9.13. The number of carbonyl (C=O) groups is 1. The molecule has 0 aliphatic carbocycles. The number of carbonyl (C=O) groups excluding carboxylic acids is 1. The number of nitrogen functional groups attached to an aromatic ring is 1. The van der Waals surface area contributed by atoms with Gasteiger partial charge in [0.25, 0.3) is 5.91 Å². The van der Waals surface area contributed by atoms with Crippen LogP contribution in [0.1, 0.15) is 15.9 Å². The highest BCUT2D eigenvalue weighted by Gasteiger charge is 2.10. The van der Waals surface area contributed by atoms with E-state index in [0.29, 0.717) is 29.4 Å². The van der Waals surface area contributed by atoms with Crippen molar-refractivity contribution < 1.29 is 4.79 Å². The summed E-state index contributed by atoms with van der Waals surface area (Å²) in [6.07, 6.45) is 2.22. The summed E-state index contributed by atoms with van der Waals surface area (Å²) in [6, 6.07) is 17.1. The first-order chi connectivity index (χ1) is 13.1. The number of halogens is 1. The molecule has 3 aromatic rings. The molecule has 0 bridgehead atoms. The van der Waals surface area contributed by atoms with Gasteiger partial charge in [0.2, 0.25) is 0 Å². The second-order valence-corrected chi connectivity index (χ2v) is 6.65. The quantitative estimate of drug-likeness (QED) is 0.432. The van der Waals surface area contributed by atoms with Gasteiger partial charge in [0.15, 0.2) is 11.6 Å².